The van der Waals surface area contributed by atoms with Gasteiger partial charge in [0.2, 0.25) is 5.91 Å². The molecule has 2 heteroatoms. The lowest BCUT2D eigenvalue weighted by Crippen LogP contribution is -2.23. The van der Waals surface area contributed by atoms with E-state index in [-0.39, 0.29) is 11.8 Å². The summed E-state index contributed by atoms with van der Waals surface area (Å²) >= 11 is 0. The molecule has 0 saturated carbocycles. The standard InChI is InChI=1S/C30H55NO/c1-3-5-6-7-8-9-10-11-12-13-14-15-16-17-18-19-20-21-22-23-24-25-26-28-29(27-4-2)30(31)32/h8-13,29H,3-7,14-28H2,1-2H3,(H2,31,32). The number of hydrogen-bond donors (Lipinski definition) is 1. The molecule has 32 heavy (non-hydrogen) atoms. The lowest BCUT2D eigenvalue weighted by Gasteiger charge is -2.11. The second-order valence-electron chi connectivity index (χ2n) is 9.44. The van der Waals surface area contributed by atoms with Crippen LogP contribution in [0.2, 0.25) is 0 Å². The molecule has 0 saturated heterocycles. The molecule has 0 aromatic carbocycles. The Morgan fingerprint density at radius 3 is 1.44 bits per heavy atom. The summed E-state index contributed by atoms with van der Waals surface area (Å²) in [6.45, 7) is 4.38. The summed E-state index contributed by atoms with van der Waals surface area (Å²) in [5, 5.41) is 0. The molecule has 1 unspecified atom stereocenters. The summed E-state index contributed by atoms with van der Waals surface area (Å²) in [6.07, 6.45) is 38.8. The molecule has 0 aromatic rings. The van der Waals surface area contributed by atoms with Crippen LogP contribution in [-0.2, 0) is 4.79 Å². The first-order valence-electron chi connectivity index (χ1n) is 14.0. The molecule has 0 aromatic heterocycles. The number of primary amides is 1. The van der Waals surface area contributed by atoms with Gasteiger partial charge >= 0.3 is 0 Å². The topological polar surface area (TPSA) is 43.1 Å². The van der Waals surface area contributed by atoms with Gasteiger partial charge in [0.25, 0.3) is 0 Å². The number of carbonyl (C=O) groups is 1. The fraction of sp³-hybridized carbons (Fsp3) is 0.767. The number of unbranched alkanes of at least 4 members (excludes halogenated alkanes) is 15. The van der Waals surface area contributed by atoms with Crippen LogP contribution < -0.4 is 5.73 Å². The van der Waals surface area contributed by atoms with E-state index in [1.807, 2.05) is 0 Å². The van der Waals surface area contributed by atoms with E-state index in [1.54, 1.807) is 0 Å². The Bertz CT molecular complexity index is 477. The highest BCUT2D eigenvalue weighted by Crippen LogP contribution is 2.17. The number of amides is 1. The molecule has 0 radical (unpaired) electrons. The number of carbonyl (C=O) groups excluding carboxylic acids is 1. The fourth-order valence-electron chi connectivity index (χ4n) is 4.19. The average Bonchev–Trinajstić information content (AvgIpc) is 2.78. The van der Waals surface area contributed by atoms with Crippen LogP contribution in [0.4, 0.5) is 0 Å². The molecule has 2 nitrogen and oxygen atoms in total. The molecular formula is C30H55NO. The average molecular weight is 446 g/mol. The SMILES string of the molecule is CCCCCC=CC=CC=CCCCCCCCCCCCCCCC(CCC)C(N)=O. The molecule has 1 amide bonds. The van der Waals surface area contributed by atoms with Crippen molar-refractivity contribution in [3.05, 3.63) is 36.5 Å². The lowest BCUT2D eigenvalue weighted by atomic mass is 9.95. The van der Waals surface area contributed by atoms with E-state index in [0.29, 0.717) is 0 Å². The van der Waals surface area contributed by atoms with Gasteiger partial charge in [-0.1, -0.05) is 140 Å². The van der Waals surface area contributed by atoms with Crippen molar-refractivity contribution in [3.8, 4) is 0 Å². The predicted octanol–water partition coefficient (Wildman–Crippen LogP) is 9.60. The largest absolute Gasteiger partial charge is 0.369 e. The van der Waals surface area contributed by atoms with E-state index in [2.05, 4.69) is 50.3 Å². The lowest BCUT2D eigenvalue weighted by molar-refractivity contribution is -0.122. The first-order valence-corrected chi connectivity index (χ1v) is 14.0. The monoisotopic (exact) mass is 445 g/mol. The Hall–Kier alpha value is -1.31. The molecule has 0 heterocycles. The fourth-order valence-corrected chi connectivity index (χ4v) is 4.19. The Kier molecular flexibility index (Phi) is 24.9. The molecule has 1 atom stereocenters. The molecule has 0 fully saturated rings. The van der Waals surface area contributed by atoms with E-state index in [0.717, 1.165) is 25.7 Å². The third kappa shape index (κ3) is 23.4. The number of nitrogens with two attached hydrogens (primary N) is 1. The highest BCUT2D eigenvalue weighted by molar-refractivity contribution is 5.76. The van der Waals surface area contributed by atoms with Gasteiger partial charge in [0.05, 0.1) is 0 Å². The minimum Gasteiger partial charge on any atom is -0.369 e. The first-order chi connectivity index (χ1) is 15.7. The van der Waals surface area contributed by atoms with Crippen molar-refractivity contribution in [3.63, 3.8) is 0 Å². The minimum atomic E-state index is -0.100. The third-order valence-corrected chi connectivity index (χ3v) is 6.29. The Labute approximate surface area is 201 Å². The smallest absolute Gasteiger partial charge is 0.220 e. The van der Waals surface area contributed by atoms with Gasteiger partial charge in [-0.3, -0.25) is 4.79 Å². The van der Waals surface area contributed by atoms with Crippen LogP contribution in [0.5, 0.6) is 0 Å². The van der Waals surface area contributed by atoms with Crippen molar-refractivity contribution in [2.45, 2.75) is 142 Å². The van der Waals surface area contributed by atoms with Crippen molar-refractivity contribution in [2.75, 3.05) is 0 Å². The first kappa shape index (κ1) is 30.7. The van der Waals surface area contributed by atoms with Gasteiger partial charge in [-0.2, -0.15) is 0 Å². The number of rotatable bonds is 24. The normalized spacial score (nSPS) is 13.1. The van der Waals surface area contributed by atoms with E-state index in [9.17, 15) is 4.79 Å². The molecule has 0 rings (SSSR count). The quantitative estimate of drug-likeness (QED) is 0.117. The summed E-state index contributed by atoms with van der Waals surface area (Å²) in [5.74, 6) is 0.0112. The molecule has 0 aliphatic carbocycles. The maximum atomic E-state index is 11.4. The van der Waals surface area contributed by atoms with Gasteiger partial charge in [0, 0.05) is 5.92 Å². The molecule has 0 aliphatic heterocycles. The summed E-state index contributed by atoms with van der Waals surface area (Å²) in [5.41, 5.74) is 5.47. The van der Waals surface area contributed by atoms with Crippen LogP contribution in [0, 0.1) is 5.92 Å². The molecular weight excluding hydrogens is 390 g/mol. The van der Waals surface area contributed by atoms with Gasteiger partial charge in [-0.15, -0.1) is 0 Å². The maximum absolute atomic E-state index is 11.4. The van der Waals surface area contributed by atoms with E-state index < -0.39 is 0 Å². The van der Waals surface area contributed by atoms with Crippen molar-refractivity contribution >= 4 is 5.91 Å². The minimum absolute atomic E-state index is 0.100. The summed E-state index contributed by atoms with van der Waals surface area (Å²) in [7, 11) is 0. The molecule has 0 spiro atoms. The van der Waals surface area contributed by atoms with Crippen LogP contribution in [0.1, 0.15) is 142 Å². The molecule has 0 bridgehead atoms. The van der Waals surface area contributed by atoms with Crippen LogP contribution in [0.25, 0.3) is 0 Å². The van der Waals surface area contributed by atoms with E-state index in [1.165, 1.54) is 103 Å². The Morgan fingerprint density at radius 2 is 1.00 bits per heavy atom. The molecule has 2 N–H and O–H groups in total. The second kappa shape index (κ2) is 25.9. The van der Waals surface area contributed by atoms with Crippen molar-refractivity contribution in [1.29, 1.82) is 0 Å². The highest BCUT2D eigenvalue weighted by atomic mass is 16.1. The Balaban J connectivity index is 3.30. The highest BCUT2D eigenvalue weighted by Gasteiger charge is 2.12. The molecule has 0 aliphatic rings. The van der Waals surface area contributed by atoms with Crippen molar-refractivity contribution in [2.24, 2.45) is 11.7 Å². The van der Waals surface area contributed by atoms with E-state index >= 15 is 0 Å². The maximum Gasteiger partial charge on any atom is 0.220 e. The summed E-state index contributed by atoms with van der Waals surface area (Å²) in [6, 6.07) is 0. The van der Waals surface area contributed by atoms with Crippen LogP contribution in [0.3, 0.4) is 0 Å². The van der Waals surface area contributed by atoms with Gasteiger partial charge in [-0.05, 0) is 38.5 Å². The van der Waals surface area contributed by atoms with Gasteiger partial charge in [0.15, 0.2) is 0 Å². The van der Waals surface area contributed by atoms with Crippen LogP contribution in [0.15, 0.2) is 36.5 Å². The Morgan fingerprint density at radius 1 is 0.562 bits per heavy atom. The number of allylic oxidation sites excluding steroid dienone is 6. The van der Waals surface area contributed by atoms with Crippen molar-refractivity contribution < 1.29 is 4.79 Å². The zero-order chi connectivity index (χ0) is 23.5. The summed E-state index contributed by atoms with van der Waals surface area (Å²) < 4.78 is 0. The van der Waals surface area contributed by atoms with Gasteiger partial charge in [0.1, 0.15) is 0 Å². The van der Waals surface area contributed by atoms with Gasteiger partial charge < -0.3 is 5.73 Å². The van der Waals surface area contributed by atoms with Crippen molar-refractivity contribution in [1.82, 2.24) is 0 Å². The number of hydrogen-bond acceptors (Lipinski definition) is 1. The molecule has 186 valence electrons. The van der Waals surface area contributed by atoms with E-state index in [4.69, 9.17) is 5.73 Å². The zero-order valence-electron chi connectivity index (χ0n) is 21.7. The third-order valence-electron chi connectivity index (χ3n) is 6.29. The van der Waals surface area contributed by atoms with Crippen LogP contribution >= 0.6 is 0 Å². The zero-order valence-corrected chi connectivity index (χ0v) is 21.7. The van der Waals surface area contributed by atoms with Crippen LogP contribution in [-0.4, -0.2) is 5.91 Å². The summed E-state index contributed by atoms with van der Waals surface area (Å²) in [4.78, 5) is 11.4. The van der Waals surface area contributed by atoms with Gasteiger partial charge in [-0.25, -0.2) is 0 Å². The predicted molar refractivity (Wildman–Crippen MR) is 144 cm³/mol. The second-order valence-corrected chi connectivity index (χ2v) is 9.44.